The third kappa shape index (κ3) is 2.55. The van der Waals surface area contributed by atoms with E-state index in [-0.39, 0.29) is 6.04 Å². The van der Waals surface area contributed by atoms with E-state index in [1.54, 1.807) is 6.20 Å². The maximum Gasteiger partial charge on any atom is 0.165 e. The third-order valence-corrected chi connectivity index (χ3v) is 5.72. The molecule has 0 spiro atoms. The van der Waals surface area contributed by atoms with Crippen molar-refractivity contribution in [3.05, 3.63) is 42.5 Å². The number of imidazole rings is 1. The number of rotatable bonds is 3. The zero-order chi connectivity index (χ0) is 15.9. The zero-order valence-corrected chi connectivity index (χ0v) is 14.4. The van der Waals surface area contributed by atoms with Gasteiger partial charge < -0.3 is 5.73 Å². The molecule has 0 unspecified atom stereocenters. The maximum atomic E-state index is 6.08. The molecule has 3 aromatic rings. The highest BCUT2D eigenvalue weighted by Crippen LogP contribution is 2.21. The highest BCUT2D eigenvalue weighted by atomic mass is 28.3. The SMILES string of the molecule is C[C@H](N)c1nc2cccnc2n1-c1ccc([Si](C)(C)C)cn1. The molecule has 3 heterocycles. The van der Waals surface area contributed by atoms with E-state index in [9.17, 15) is 0 Å². The quantitative estimate of drug-likeness (QED) is 0.754. The van der Waals surface area contributed by atoms with Gasteiger partial charge in [0, 0.05) is 12.4 Å². The Bertz CT molecular complexity index is 800. The van der Waals surface area contributed by atoms with E-state index in [0.717, 1.165) is 22.8 Å². The zero-order valence-electron chi connectivity index (χ0n) is 13.4. The van der Waals surface area contributed by atoms with Crippen molar-refractivity contribution in [3.8, 4) is 5.82 Å². The second-order valence-corrected chi connectivity index (χ2v) is 11.7. The van der Waals surface area contributed by atoms with Crippen molar-refractivity contribution >= 4 is 24.4 Å². The number of aromatic nitrogens is 4. The van der Waals surface area contributed by atoms with Gasteiger partial charge in [-0.1, -0.05) is 25.7 Å². The van der Waals surface area contributed by atoms with Crippen molar-refractivity contribution in [1.29, 1.82) is 0 Å². The molecule has 0 radical (unpaired) electrons. The van der Waals surface area contributed by atoms with Crippen LogP contribution in [0.1, 0.15) is 18.8 Å². The summed E-state index contributed by atoms with van der Waals surface area (Å²) in [6.45, 7) is 8.86. The summed E-state index contributed by atoms with van der Waals surface area (Å²) in [7, 11) is -1.36. The van der Waals surface area contributed by atoms with Crippen LogP contribution in [-0.2, 0) is 0 Å². The minimum atomic E-state index is -1.36. The molecule has 0 aromatic carbocycles. The van der Waals surface area contributed by atoms with Gasteiger partial charge in [-0.15, -0.1) is 0 Å². The van der Waals surface area contributed by atoms with Gasteiger partial charge in [0.05, 0.1) is 14.1 Å². The first kappa shape index (κ1) is 14.9. The van der Waals surface area contributed by atoms with Crippen LogP contribution in [0.25, 0.3) is 17.0 Å². The van der Waals surface area contributed by atoms with Crippen LogP contribution in [0, 0.1) is 0 Å². The van der Waals surface area contributed by atoms with Gasteiger partial charge in [0.25, 0.3) is 0 Å². The average molecular weight is 311 g/mol. The molecule has 5 nitrogen and oxygen atoms in total. The molecule has 3 rings (SSSR count). The Morgan fingerprint density at radius 3 is 2.50 bits per heavy atom. The van der Waals surface area contributed by atoms with Gasteiger partial charge in [-0.25, -0.2) is 15.0 Å². The lowest BCUT2D eigenvalue weighted by Gasteiger charge is -2.17. The molecular formula is C16H21N5Si. The summed E-state index contributed by atoms with van der Waals surface area (Å²) in [6.07, 6.45) is 3.74. The van der Waals surface area contributed by atoms with Crippen LogP contribution in [0.4, 0.5) is 0 Å². The molecule has 0 aliphatic heterocycles. The van der Waals surface area contributed by atoms with Crippen LogP contribution in [0.15, 0.2) is 36.7 Å². The Morgan fingerprint density at radius 1 is 1.14 bits per heavy atom. The lowest BCUT2D eigenvalue weighted by Crippen LogP contribution is -2.37. The Hall–Kier alpha value is -2.05. The summed E-state index contributed by atoms with van der Waals surface area (Å²) >= 11 is 0. The molecule has 1 atom stereocenters. The van der Waals surface area contributed by atoms with Crippen molar-refractivity contribution < 1.29 is 0 Å². The van der Waals surface area contributed by atoms with Crippen LogP contribution in [-0.4, -0.2) is 27.6 Å². The number of hydrogen-bond acceptors (Lipinski definition) is 4. The standard InChI is InChI=1S/C16H21N5Si/c1-11(17)15-20-13-6-5-9-18-16(13)21(15)14-8-7-12(10-19-14)22(2,3)4/h5-11H,17H2,1-4H3/t11-/m0/s1. The molecule has 0 bridgehead atoms. The van der Waals surface area contributed by atoms with Gasteiger partial charge in [0.2, 0.25) is 0 Å². The van der Waals surface area contributed by atoms with E-state index in [4.69, 9.17) is 5.73 Å². The number of hydrogen-bond donors (Lipinski definition) is 1. The van der Waals surface area contributed by atoms with Crippen molar-refractivity contribution in [1.82, 2.24) is 19.5 Å². The fraction of sp³-hybridized carbons (Fsp3) is 0.312. The van der Waals surface area contributed by atoms with Gasteiger partial charge in [0.15, 0.2) is 5.65 Å². The first-order valence-electron chi connectivity index (χ1n) is 7.44. The summed E-state index contributed by atoms with van der Waals surface area (Å²) in [5.74, 6) is 1.59. The van der Waals surface area contributed by atoms with E-state index in [2.05, 4.69) is 40.7 Å². The van der Waals surface area contributed by atoms with Crippen molar-refractivity contribution in [2.75, 3.05) is 0 Å². The van der Waals surface area contributed by atoms with Gasteiger partial charge in [-0.3, -0.25) is 4.57 Å². The summed E-state index contributed by atoms with van der Waals surface area (Å²) in [5.41, 5.74) is 7.72. The Labute approximate surface area is 131 Å². The van der Waals surface area contributed by atoms with Gasteiger partial charge in [-0.2, -0.15) is 0 Å². The molecule has 3 aromatic heterocycles. The van der Waals surface area contributed by atoms with E-state index in [1.807, 2.05) is 35.9 Å². The van der Waals surface area contributed by atoms with Crippen molar-refractivity contribution in [2.45, 2.75) is 32.6 Å². The van der Waals surface area contributed by atoms with Crippen LogP contribution >= 0.6 is 0 Å². The normalized spacial score (nSPS) is 13.5. The Morgan fingerprint density at radius 2 is 1.91 bits per heavy atom. The summed E-state index contributed by atoms with van der Waals surface area (Å²) in [6, 6.07) is 7.84. The smallest absolute Gasteiger partial charge is 0.165 e. The van der Waals surface area contributed by atoms with Crippen molar-refractivity contribution in [3.63, 3.8) is 0 Å². The van der Waals surface area contributed by atoms with E-state index in [1.165, 1.54) is 5.19 Å². The molecule has 0 aliphatic rings. The van der Waals surface area contributed by atoms with Crippen LogP contribution in [0.3, 0.4) is 0 Å². The predicted molar refractivity (Wildman–Crippen MR) is 92.2 cm³/mol. The molecule has 114 valence electrons. The predicted octanol–water partition coefficient (Wildman–Crippen LogP) is 2.38. The molecule has 2 N–H and O–H groups in total. The van der Waals surface area contributed by atoms with Crippen molar-refractivity contribution in [2.24, 2.45) is 5.73 Å². The van der Waals surface area contributed by atoms with E-state index < -0.39 is 8.07 Å². The van der Waals surface area contributed by atoms with Crippen LogP contribution in [0.2, 0.25) is 19.6 Å². The number of nitrogens with zero attached hydrogens (tertiary/aromatic N) is 4. The molecule has 0 saturated heterocycles. The van der Waals surface area contributed by atoms with E-state index in [0.29, 0.717) is 0 Å². The monoisotopic (exact) mass is 311 g/mol. The van der Waals surface area contributed by atoms with E-state index >= 15 is 0 Å². The fourth-order valence-electron chi connectivity index (χ4n) is 2.42. The molecule has 0 aliphatic carbocycles. The average Bonchev–Trinajstić information content (AvgIpc) is 2.86. The largest absolute Gasteiger partial charge is 0.322 e. The first-order chi connectivity index (χ1) is 10.4. The van der Waals surface area contributed by atoms with Gasteiger partial charge >= 0.3 is 0 Å². The lowest BCUT2D eigenvalue weighted by atomic mass is 10.3. The van der Waals surface area contributed by atoms with Crippen LogP contribution in [0.5, 0.6) is 0 Å². The second-order valence-electron chi connectivity index (χ2n) is 6.60. The molecule has 0 amide bonds. The van der Waals surface area contributed by atoms with Gasteiger partial charge in [0.1, 0.15) is 17.2 Å². The molecule has 22 heavy (non-hydrogen) atoms. The van der Waals surface area contributed by atoms with Gasteiger partial charge in [-0.05, 0) is 30.3 Å². The first-order valence-corrected chi connectivity index (χ1v) is 10.9. The number of nitrogens with two attached hydrogens (primary N) is 1. The lowest BCUT2D eigenvalue weighted by molar-refractivity contribution is 0.719. The second kappa shape index (κ2) is 5.30. The summed E-state index contributed by atoms with van der Waals surface area (Å²) in [5, 5.41) is 1.33. The third-order valence-electron chi connectivity index (χ3n) is 3.69. The number of pyridine rings is 2. The minimum Gasteiger partial charge on any atom is -0.322 e. The maximum absolute atomic E-state index is 6.08. The Kier molecular flexibility index (Phi) is 3.58. The fourth-order valence-corrected chi connectivity index (χ4v) is 3.46. The van der Waals surface area contributed by atoms with Crippen LogP contribution < -0.4 is 10.9 Å². The highest BCUT2D eigenvalue weighted by molar-refractivity contribution is 6.88. The number of fused-ring (bicyclic) bond motifs is 1. The topological polar surface area (TPSA) is 69.6 Å². The molecule has 0 fully saturated rings. The Balaban J connectivity index is 2.19. The molecule has 0 saturated carbocycles. The summed E-state index contributed by atoms with van der Waals surface area (Å²) < 4.78 is 1.95. The summed E-state index contributed by atoms with van der Waals surface area (Å²) in [4.78, 5) is 13.7. The molecular weight excluding hydrogens is 290 g/mol. The molecule has 6 heteroatoms. The highest BCUT2D eigenvalue weighted by Gasteiger charge is 2.19. The minimum absolute atomic E-state index is 0.187.